The first-order valence-electron chi connectivity index (χ1n) is 15.5. The minimum Gasteiger partial charge on any atom is -0.481 e. The molecule has 0 rings (SSSR count). The summed E-state index contributed by atoms with van der Waals surface area (Å²) in [7, 11) is 0. The number of allylic oxidation sites excluding steroid dienone is 2. The van der Waals surface area contributed by atoms with Crippen LogP contribution in [0.15, 0.2) is 12.2 Å². The van der Waals surface area contributed by atoms with Gasteiger partial charge in [0, 0.05) is 19.3 Å². The van der Waals surface area contributed by atoms with Gasteiger partial charge in [0.1, 0.15) is 0 Å². The van der Waals surface area contributed by atoms with Crippen LogP contribution in [0.4, 0.5) is 0 Å². The Morgan fingerprint density at radius 3 is 1.16 bits per heavy atom. The molecule has 0 radical (unpaired) electrons. The van der Waals surface area contributed by atoms with E-state index in [0.29, 0.717) is 19.3 Å². The van der Waals surface area contributed by atoms with Crippen molar-refractivity contribution in [2.45, 2.75) is 142 Å². The van der Waals surface area contributed by atoms with Crippen molar-refractivity contribution in [3.05, 3.63) is 12.2 Å². The average molecular weight is 541 g/mol. The standard InChI is InChI=1S/C31H57NO6/c1-2-3-4-5-6-7-8-9-10-11-12-13-14-18-25-32(26-19-15-22-29(33)34,27-20-16-23-30(35)36)28-21-17-24-31(37)38/h7-8H,2-6,9-28H2,1H3,(H2-,33,34,35,36,37,38)/p+1/b8-7+. The maximum Gasteiger partial charge on any atom is 0.303 e. The number of nitrogens with zero attached hydrogens (tertiary/aromatic N) is 1. The molecule has 38 heavy (non-hydrogen) atoms. The normalized spacial score (nSPS) is 11.8. The highest BCUT2D eigenvalue weighted by atomic mass is 16.4. The first-order valence-corrected chi connectivity index (χ1v) is 15.5. The van der Waals surface area contributed by atoms with E-state index in [1.807, 2.05) is 0 Å². The van der Waals surface area contributed by atoms with Crippen LogP contribution in [0.1, 0.15) is 142 Å². The maximum absolute atomic E-state index is 11.0. The molecule has 222 valence electrons. The van der Waals surface area contributed by atoms with Crippen molar-refractivity contribution in [3.63, 3.8) is 0 Å². The van der Waals surface area contributed by atoms with Crippen LogP contribution in [0.2, 0.25) is 0 Å². The second kappa shape index (κ2) is 25.4. The Hall–Kier alpha value is -1.89. The molecule has 7 nitrogen and oxygen atoms in total. The highest BCUT2D eigenvalue weighted by Gasteiger charge is 2.26. The van der Waals surface area contributed by atoms with Gasteiger partial charge in [0.25, 0.3) is 0 Å². The summed E-state index contributed by atoms with van der Waals surface area (Å²) >= 11 is 0. The van der Waals surface area contributed by atoms with Crippen LogP contribution in [-0.2, 0) is 14.4 Å². The molecule has 7 heteroatoms. The largest absolute Gasteiger partial charge is 0.481 e. The number of unbranched alkanes of at least 4 members (excludes halogenated alkanes) is 13. The molecule has 0 spiro atoms. The Kier molecular flexibility index (Phi) is 24.1. The van der Waals surface area contributed by atoms with Crippen LogP contribution in [-0.4, -0.2) is 63.9 Å². The highest BCUT2D eigenvalue weighted by molar-refractivity contribution is 5.67. The minimum atomic E-state index is -0.770. The van der Waals surface area contributed by atoms with Crippen molar-refractivity contribution in [3.8, 4) is 0 Å². The molecule has 0 aromatic rings. The molecule has 0 aliphatic heterocycles. The maximum atomic E-state index is 11.0. The Labute approximate surface area is 232 Å². The second-order valence-electron chi connectivity index (χ2n) is 11.0. The lowest BCUT2D eigenvalue weighted by Crippen LogP contribution is -2.51. The van der Waals surface area contributed by atoms with E-state index in [4.69, 9.17) is 15.3 Å². The molecule has 0 aliphatic carbocycles. The van der Waals surface area contributed by atoms with Gasteiger partial charge < -0.3 is 19.8 Å². The molecule has 0 amide bonds. The first kappa shape index (κ1) is 36.1. The number of carboxylic acid groups (broad SMARTS) is 3. The monoisotopic (exact) mass is 540 g/mol. The quantitative estimate of drug-likeness (QED) is 0.0506. The number of rotatable bonds is 29. The van der Waals surface area contributed by atoms with Crippen molar-refractivity contribution in [1.29, 1.82) is 0 Å². The molecule has 0 saturated carbocycles. The Morgan fingerprint density at radius 2 is 0.789 bits per heavy atom. The highest BCUT2D eigenvalue weighted by Crippen LogP contribution is 2.19. The average Bonchev–Trinajstić information content (AvgIpc) is 2.87. The summed E-state index contributed by atoms with van der Waals surface area (Å²) in [5, 5.41) is 27.1. The predicted molar refractivity (Wildman–Crippen MR) is 154 cm³/mol. The van der Waals surface area contributed by atoms with Gasteiger partial charge in [0.05, 0.1) is 26.2 Å². The van der Waals surface area contributed by atoms with Crippen LogP contribution in [0.5, 0.6) is 0 Å². The van der Waals surface area contributed by atoms with E-state index < -0.39 is 17.9 Å². The van der Waals surface area contributed by atoms with E-state index >= 15 is 0 Å². The summed E-state index contributed by atoms with van der Waals surface area (Å²) in [4.78, 5) is 32.9. The van der Waals surface area contributed by atoms with Gasteiger partial charge in [0.15, 0.2) is 0 Å². The molecule has 0 unspecified atom stereocenters. The summed E-state index contributed by atoms with van der Waals surface area (Å²) < 4.78 is 0.863. The van der Waals surface area contributed by atoms with Gasteiger partial charge >= 0.3 is 17.9 Å². The van der Waals surface area contributed by atoms with Gasteiger partial charge in [-0.3, -0.25) is 14.4 Å². The Bertz CT molecular complexity index is 579. The molecular formula is C31H58NO6+. The third kappa shape index (κ3) is 24.4. The van der Waals surface area contributed by atoms with Crippen LogP contribution in [0, 0.1) is 0 Å². The fourth-order valence-electron chi connectivity index (χ4n) is 5.18. The topological polar surface area (TPSA) is 112 Å². The van der Waals surface area contributed by atoms with E-state index in [9.17, 15) is 14.4 Å². The number of aliphatic carboxylic acids is 3. The van der Waals surface area contributed by atoms with Gasteiger partial charge in [-0.25, -0.2) is 0 Å². The van der Waals surface area contributed by atoms with E-state index in [-0.39, 0.29) is 19.3 Å². The van der Waals surface area contributed by atoms with Crippen LogP contribution < -0.4 is 0 Å². The zero-order valence-electron chi connectivity index (χ0n) is 24.3. The van der Waals surface area contributed by atoms with Crippen molar-refractivity contribution < 1.29 is 34.2 Å². The van der Waals surface area contributed by atoms with E-state index in [1.54, 1.807) is 0 Å². The fourth-order valence-corrected chi connectivity index (χ4v) is 5.18. The Balaban J connectivity index is 4.57. The van der Waals surface area contributed by atoms with Crippen LogP contribution in [0.25, 0.3) is 0 Å². The summed E-state index contributed by atoms with van der Waals surface area (Å²) in [6.07, 6.45) is 24.6. The number of hydrogen-bond donors (Lipinski definition) is 3. The van der Waals surface area contributed by atoms with Crippen molar-refractivity contribution in [2.24, 2.45) is 0 Å². The fraction of sp³-hybridized carbons (Fsp3) is 0.839. The minimum absolute atomic E-state index is 0.173. The molecule has 0 aromatic carbocycles. The van der Waals surface area contributed by atoms with E-state index in [1.165, 1.54) is 70.6 Å². The molecule has 0 aromatic heterocycles. The lowest BCUT2D eigenvalue weighted by molar-refractivity contribution is -0.929. The number of carboxylic acids is 3. The molecule has 0 aliphatic rings. The van der Waals surface area contributed by atoms with Gasteiger partial charge in [-0.05, 0) is 77.0 Å². The van der Waals surface area contributed by atoms with Gasteiger partial charge in [0.2, 0.25) is 0 Å². The summed E-state index contributed by atoms with van der Waals surface area (Å²) in [5.41, 5.74) is 0. The number of hydrogen-bond acceptors (Lipinski definition) is 3. The van der Waals surface area contributed by atoms with Crippen molar-refractivity contribution in [2.75, 3.05) is 26.2 Å². The van der Waals surface area contributed by atoms with Gasteiger partial charge in [-0.15, -0.1) is 0 Å². The molecule has 0 atom stereocenters. The first-order chi connectivity index (χ1) is 18.3. The smallest absolute Gasteiger partial charge is 0.303 e. The predicted octanol–water partition coefficient (Wildman–Crippen LogP) is 7.83. The molecule has 0 heterocycles. The summed E-state index contributed by atoms with van der Waals surface area (Å²) in [6, 6.07) is 0. The van der Waals surface area contributed by atoms with Crippen LogP contribution >= 0.6 is 0 Å². The molecule has 3 N–H and O–H groups in total. The number of quaternary nitrogens is 1. The van der Waals surface area contributed by atoms with Gasteiger partial charge in [-0.2, -0.15) is 0 Å². The molecule has 0 saturated heterocycles. The van der Waals surface area contributed by atoms with Gasteiger partial charge in [-0.1, -0.05) is 57.6 Å². The summed E-state index contributed by atoms with van der Waals surface area (Å²) in [5.74, 6) is -2.31. The molecule has 0 bridgehead atoms. The van der Waals surface area contributed by atoms with Crippen molar-refractivity contribution in [1.82, 2.24) is 0 Å². The lowest BCUT2D eigenvalue weighted by Gasteiger charge is -2.39. The zero-order valence-corrected chi connectivity index (χ0v) is 24.3. The summed E-state index contributed by atoms with van der Waals surface area (Å²) in [6.45, 7) is 5.91. The van der Waals surface area contributed by atoms with Crippen LogP contribution in [0.3, 0.4) is 0 Å². The third-order valence-electron chi connectivity index (χ3n) is 7.46. The lowest BCUT2D eigenvalue weighted by atomic mass is 10.1. The third-order valence-corrected chi connectivity index (χ3v) is 7.46. The molecular weight excluding hydrogens is 482 g/mol. The van der Waals surface area contributed by atoms with E-state index in [0.717, 1.165) is 56.3 Å². The molecule has 0 fully saturated rings. The number of carbonyl (C=O) groups is 3. The SMILES string of the molecule is CCCCCC/C=C/CCCCCCCC[N+](CCCCC(=O)O)(CCCCC(=O)O)CCCCC(=O)O. The zero-order chi connectivity index (χ0) is 28.3. The van der Waals surface area contributed by atoms with Crippen molar-refractivity contribution >= 4 is 17.9 Å². The second-order valence-corrected chi connectivity index (χ2v) is 11.0. The van der Waals surface area contributed by atoms with E-state index in [2.05, 4.69) is 19.1 Å². The Morgan fingerprint density at radius 1 is 0.474 bits per heavy atom.